The van der Waals surface area contributed by atoms with E-state index in [-0.39, 0.29) is 6.61 Å². The molecule has 0 aromatic carbocycles. The van der Waals surface area contributed by atoms with Crippen molar-refractivity contribution in [2.75, 3.05) is 34.3 Å². The number of carbonyl (C=O) groups is 2. The van der Waals surface area contributed by atoms with Crippen molar-refractivity contribution in [3.8, 4) is 0 Å². The molecule has 16 heavy (non-hydrogen) atoms. The fourth-order valence-corrected chi connectivity index (χ4v) is 0.769. The molecule has 0 unspecified atom stereocenters. The summed E-state index contributed by atoms with van der Waals surface area (Å²) in [5, 5.41) is 26.3. The second kappa shape index (κ2) is 5.78. The number of rotatable bonds is 6. The maximum atomic E-state index is 11.1. The Hall–Kier alpha value is -1.18. The van der Waals surface area contributed by atoms with Crippen LogP contribution in [-0.4, -0.2) is 78.2 Å². The molecule has 0 rings (SSSR count). The van der Waals surface area contributed by atoms with Crippen LogP contribution in [0.2, 0.25) is 0 Å². The second-order valence-electron chi connectivity index (χ2n) is 4.41. The molecule has 0 aromatic heterocycles. The van der Waals surface area contributed by atoms with Crippen LogP contribution in [0.3, 0.4) is 0 Å². The van der Waals surface area contributed by atoms with Gasteiger partial charge in [0.1, 0.15) is 13.2 Å². The minimum atomic E-state index is -2.16. The molecule has 0 aromatic rings. The van der Waals surface area contributed by atoms with Gasteiger partial charge in [0, 0.05) is 0 Å². The molecule has 0 radical (unpaired) electrons. The summed E-state index contributed by atoms with van der Waals surface area (Å²) in [6, 6.07) is 0. The predicted octanol–water partition coefficient (Wildman–Crippen LogP) is -1.96. The molecule has 0 aliphatic rings. The number of aliphatic carboxylic acids is 1. The number of aliphatic hydroxyl groups is 2. The molecule has 2 atom stereocenters. The zero-order chi connectivity index (χ0) is 12.9. The molecule has 3 N–H and O–H groups in total. The highest BCUT2D eigenvalue weighted by atomic mass is 16.6. The molecule has 7 nitrogen and oxygen atoms in total. The van der Waals surface area contributed by atoms with E-state index in [0.717, 1.165) is 0 Å². The first-order chi connectivity index (χ1) is 7.15. The fraction of sp³-hybridized carbons (Fsp3) is 0.778. The zero-order valence-corrected chi connectivity index (χ0v) is 9.58. The van der Waals surface area contributed by atoms with Crippen molar-refractivity contribution < 1.29 is 34.1 Å². The molecule has 0 aliphatic heterocycles. The van der Waals surface area contributed by atoms with Gasteiger partial charge in [0.05, 0.1) is 21.1 Å². The first-order valence-electron chi connectivity index (χ1n) is 4.71. The van der Waals surface area contributed by atoms with Crippen molar-refractivity contribution in [2.45, 2.75) is 12.2 Å². The third kappa shape index (κ3) is 5.64. The van der Waals surface area contributed by atoms with E-state index in [1.54, 1.807) is 0 Å². The zero-order valence-electron chi connectivity index (χ0n) is 9.58. The summed E-state index contributed by atoms with van der Waals surface area (Å²) in [6.45, 7) is 0.563. The van der Waals surface area contributed by atoms with E-state index in [1.807, 2.05) is 21.1 Å². The molecule has 0 heterocycles. The SMILES string of the molecule is C[N+](C)(C)CCOC(=O)[C@H](O)[C@@H](O)C(=O)O. The van der Waals surface area contributed by atoms with E-state index >= 15 is 0 Å². The molecule has 94 valence electrons. The standard InChI is InChI=1S/C9H17NO6/c1-10(2,3)4-5-16-9(15)7(12)6(11)8(13)14/h6-7,11-12H,4-5H2,1-3H3/p+1/t6-,7-/m1/s1. The van der Waals surface area contributed by atoms with Crippen LogP contribution in [0, 0.1) is 0 Å². The van der Waals surface area contributed by atoms with E-state index in [0.29, 0.717) is 11.0 Å². The molecular weight excluding hydrogens is 218 g/mol. The molecule has 0 amide bonds. The minimum absolute atomic E-state index is 0.0474. The number of hydrogen-bond acceptors (Lipinski definition) is 5. The maximum absolute atomic E-state index is 11.1. The first kappa shape index (κ1) is 14.8. The lowest BCUT2D eigenvalue weighted by Crippen LogP contribution is -2.42. The van der Waals surface area contributed by atoms with Gasteiger partial charge in [0.25, 0.3) is 0 Å². The third-order valence-electron chi connectivity index (χ3n) is 1.80. The van der Waals surface area contributed by atoms with Gasteiger partial charge < -0.3 is 24.5 Å². The topological polar surface area (TPSA) is 104 Å². The van der Waals surface area contributed by atoms with Crippen LogP contribution in [-0.2, 0) is 14.3 Å². The van der Waals surface area contributed by atoms with Crippen LogP contribution >= 0.6 is 0 Å². The average Bonchev–Trinajstić information content (AvgIpc) is 2.13. The number of esters is 1. The summed E-state index contributed by atoms with van der Waals surface area (Å²) in [5.41, 5.74) is 0. The lowest BCUT2D eigenvalue weighted by molar-refractivity contribution is -0.870. The lowest BCUT2D eigenvalue weighted by atomic mass is 10.2. The van der Waals surface area contributed by atoms with Gasteiger partial charge in [0.2, 0.25) is 0 Å². The van der Waals surface area contributed by atoms with Crippen LogP contribution < -0.4 is 0 Å². The Balaban J connectivity index is 4.03. The number of quaternary nitrogens is 1. The molecule has 7 heteroatoms. The molecule has 0 spiro atoms. The number of aliphatic hydroxyl groups excluding tert-OH is 2. The second-order valence-corrected chi connectivity index (χ2v) is 4.41. The normalized spacial score (nSPS) is 15.3. The Morgan fingerprint density at radius 1 is 1.19 bits per heavy atom. The summed E-state index contributed by atoms with van der Waals surface area (Å²) >= 11 is 0. The number of ether oxygens (including phenoxy) is 1. The van der Waals surface area contributed by atoms with E-state index in [1.165, 1.54) is 0 Å². The quantitative estimate of drug-likeness (QED) is 0.365. The van der Waals surface area contributed by atoms with Crippen molar-refractivity contribution in [1.29, 1.82) is 0 Å². The molecule has 0 fully saturated rings. The number of carbonyl (C=O) groups excluding carboxylic acids is 1. The van der Waals surface area contributed by atoms with Crippen LogP contribution in [0.15, 0.2) is 0 Å². The number of carboxylic acids is 1. The Labute approximate surface area is 93.4 Å². The number of likely N-dealkylation sites (N-methyl/N-ethyl adjacent to an activating group) is 1. The Kier molecular flexibility index (Phi) is 5.36. The highest BCUT2D eigenvalue weighted by Crippen LogP contribution is 1.98. The van der Waals surface area contributed by atoms with Gasteiger partial charge in [-0.3, -0.25) is 0 Å². The predicted molar refractivity (Wildman–Crippen MR) is 53.5 cm³/mol. The van der Waals surface area contributed by atoms with Gasteiger partial charge in [0.15, 0.2) is 12.2 Å². The van der Waals surface area contributed by atoms with Gasteiger partial charge in [-0.25, -0.2) is 9.59 Å². The number of nitrogens with zero attached hydrogens (tertiary/aromatic N) is 1. The van der Waals surface area contributed by atoms with Crippen LogP contribution in [0.4, 0.5) is 0 Å². The number of hydrogen-bond donors (Lipinski definition) is 3. The monoisotopic (exact) mass is 236 g/mol. The average molecular weight is 236 g/mol. The van der Waals surface area contributed by atoms with Gasteiger partial charge in [-0.2, -0.15) is 0 Å². The van der Waals surface area contributed by atoms with E-state index in [2.05, 4.69) is 4.74 Å². The van der Waals surface area contributed by atoms with Crippen LogP contribution in [0.25, 0.3) is 0 Å². The van der Waals surface area contributed by atoms with Crippen molar-refractivity contribution in [3.63, 3.8) is 0 Å². The van der Waals surface area contributed by atoms with E-state index < -0.39 is 24.1 Å². The summed E-state index contributed by atoms with van der Waals surface area (Å²) < 4.78 is 5.18. The largest absolute Gasteiger partial charge is 0.479 e. The molecule has 0 saturated heterocycles. The van der Waals surface area contributed by atoms with Crippen molar-refractivity contribution in [3.05, 3.63) is 0 Å². The van der Waals surface area contributed by atoms with Crippen molar-refractivity contribution in [2.24, 2.45) is 0 Å². The van der Waals surface area contributed by atoms with Crippen molar-refractivity contribution in [1.82, 2.24) is 0 Å². The van der Waals surface area contributed by atoms with Crippen LogP contribution in [0.1, 0.15) is 0 Å². The van der Waals surface area contributed by atoms with E-state index in [4.69, 9.17) is 15.3 Å². The van der Waals surface area contributed by atoms with Gasteiger partial charge in [-0.05, 0) is 0 Å². The highest BCUT2D eigenvalue weighted by molar-refractivity contribution is 5.84. The molecule has 0 saturated carbocycles. The Morgan fingerprint density at radius 3 is 2.06 bits per heavy atom. The molecule has 0 bridgehead atoms. The Morgan fingerprint density at radius 2 is 1.69 bits per heavy atom. The highest BCUT2D eigenvalue weighted by Gasteiger charge is 2.31. The molecule has 0 aliphatic carbocycles. The van der Waals surface area contributed by atoms with Crippen LogP contribution in [0.5, 0.6) is 0 Å². The maximum Gasteiger partial charge on any atom is 0.338 e. The molecular formula is C9H18NO6+. The van der Waals surface area contributed by atoms with Gasteiger partial charge in [-0.15, -0.1) is 0 Å². The Bertz CT molecular complexity index is 259. The van der Waals surface area contributed by atoms with Gasteiger partial charge in [-0.1, -0.05) is 0 Å². The lowest BCUT2D eigenvalue weighted by Gasteiger charge is -2.23. The first-order valence-corrected chi connectivity index (χ1v) is 4.71. The minimum Gasteiger partial charge on any atom is -0.479 e. The summed E-state index contributed by atoms with van der Waals surface area (Å²) in [4.78, 5) is 21.3. The smallest absolute Gasteiger partial charge is 0.338 e. The third-order valence-corrected chi connectivity index (χ3v) is 1.80. The summed E-state index contributed by atoms with van der Waals surface area (Å²) in [6.07, 6.45) is -4.21. The summed E-state index contributed by atoms with van der Waals surface area (Å²) in [5.74, 6) is -2.81. The fourth-order valence-electron chi connectivity index (χ4n) is 0.769. The van der Waals surface area contributed by atoms with E-state index in [9.17, 15) is 9.59 Å². The van der Waals surface area contributed by atoms with Gasteiger partial charge >= 0.3 is 11.9 Å². The number of carboxylic acid groups (broad SMARTS) is 1. The summed E-state index contributed by atoms with van der Waals surface area (Å²) in [7, 11) is 5.66. The van der Waals surface area contributed by atoms with Crippen molar-refractivity contribution >= 4 is 11.9 Å².